The third-order valence-electron chi connectivity index (χ3n) is 3.70. The number of anilines is 1. The lowest BCUT2D eigenvalue weighted by molar-refractivity contribution is -0.387. The number of rotatable bonds is 3. The van der Waals surface area contributed by atoms with Gasteiger partial charge in [-0.15, -0.1) is 0 Å². The van der Waals surface area contributed by atoms with E-state index in [1.54, 1.807) is 0 Å². The maximum absolute atomic E-state index is 13.4. The molecule has 0 saturated heterocycles. The van der Waals surface area contributed by atoms with Crippen molar-refractivity contribution in [1.29, 1.82) is 0 Å². The van der Waals surface area contributed by atoms with E-state index in [4.69, 9.17) is 0 Å². The first kappa shape index (κ1) is 14.0. The average Bonchev–Trinajstić information content (AvgIpc) is 2.85. The molecule has 0 spiro atoms. The molecular formula is C15H12BrFN2O2. The van der Waals surface area contributed by atoms with Gasteiger partial charge in [0.05, 0.1) is 11.0 Å². The van der Waals surface area contributed by atoms with E-state index in [1.807, 2.05) is 18.2 Å². The monoisotopic (exact) mass is 350 g/mol. The Hall–Kier alpha value is -1.95. The topological polar surface area (TPSA) is 55.2 Å². The third kappa shape index (κ3) is 2.63. The maximum Gasteiger partial charge on any atom is 0.306 e. The number of nitrogens with one attached hydrogen (secondary N) is 1. The van der Waals surface area contributed by atoms with E-state index >= 15 is 0 Å². The lowest BCUT2D eigenvalue weighted by Crippen LogP contribution is -2.07. The Bertz CT molecular complexity index is 721. The van der Waals surface area contributed by atoms with Gasteiger partial charge in [0.25, 0.3) is 0 Å². The van der Waals surface area contributed by atoms with Crippen molar-refractivity contribution < 1.29 is 9.31 Å². The summed E-state index contributed by atoms with van der Waals surface area (Å²) in [6.07, 6.45) is 1.85. The number of halogens is 2. The summed E-state index contributed by atoms with van der Waals surface area (Å²) in [5.74, 6) is -0.819. The summed E-state index contributed by atoms with van der Waals surface area (Å²) >= 11 is 3.53. The van der Waals surface area contributed by atoms with Crippen molar-refractivity contribution in [2.45, 2.75) is 18.9 Å². The lowest BCUT2D eigenvalue weighted by atomic mass is 10.1. The first-order valence-electron chi connectivity index (χ1n) is 6.54. The molecule has 1 N–H and O–H groups in total. The molecule has 108 valence electrons. The number of nitro benzene ring substituents is 1. The first-order chi connectivity index (χ1) is 10.1. The zero-order chi connectivity index (χ0) is 15.0. The van der Waals surface area contributed by atoms with Crippen molar-refractivity contribution in [2.75, 3.05) is 5.32 Å². The quantitative estimate of drug-likeness (QED) is 0.650. The van der Waals surface area contributed by atoms with Gasteiger partial charge in [-0.25, -0.2) is 0 Å². The van der Waals surface area contributed by atoms with E-state index in [9.17, 15) is 14.5 Å². The predicted octanol–water partition coefficient (Wildman–Crippen LogP) is 4.60. The highest BCUT2D eigenvalue weighted by Crippen LogP contribution is 2.38. The minimum Gasteiger partial charge on any atom is -0.378 e. The molecular weight excluding hydrogens is 339 g/mol. The van der Waals surface area contributed by atoms with Crippen molar-refractivity contribution in [3.8, 4) is 0 Å². The zero-order valence-corrected chi connectivity index (χ0v) is 12.6. The third-order valence-corrected chi connectivity index (χ3v) is 4.44. The fourth-order valence-corrected chi connectivity index (χ4v) is 3.28. The fourth-order valence-electron chi connectivity index (χ4n) is 2.70. The molecule has 0 aliphatic heterocycles. The first-order valence-corrected chi connectivity index (χ1v) is 7.33. The Morgan fingerprint density at radius 3 is 2.90 bits per heavy atom. The summed E-state index contributed by atoms with van der Waals surface area (Å²) in [7, 11) is 0. The number of hydrogen-bond acceptors (Lipinski definition) is 3. The molecule has 1 aliphatic carbocycles. The van der Waals surface area contributed by atoms with E-state index in [-0.39, 0.29) is 6.04 Å². The van der Waals surface area contributed by atoms with E-state index < -0.39 is 16.4 Å². The van der Waals surface area contributed by atoms with Crippen molar-refractivity contribution in [3.05, 3.63) is 67.9 Å². The number of hydrogen-bond donors (Lipinski definition) is 1. The van der Waals surface area contributed by atoms with E-state index in [0.717, 1.165) is 23.4 Å². The Labute approximate surface area is 129 Å². The summed E-state index contributed by atoms with van der Waals surface area (Å²) in [6.45, 7) is 0. The molecule has 0 saturated carbocycles. The largest absolute Gasteiger partial charge is 0.378 e. The van der Waals surface area contributed by atoms with Crippen LogP contribution in [0.4, 0.5) is 15.8 Å². The molecule has 1 unspecified atom stereocenters. The molecule has 0 radical (unpaired) electrons. The Morgan fingerprint density at radius 1 is 1.33 bits per heavy atom. The van der Waals surface area contributed by atoms with Crippen LogP contribution in [0.15, 0.2) is 40.9 Å². The molecule has 0 heterocycles. The molecule has 1 aliphatic rings. The zero-order valence-electron chi connectivity index (χ0n) is 11.0. The number of nitrogens with zero attached hydrogens (tertiary/aromatic N) is 1. The summed E-state index contributed by atoms with van der Waals surface area (Å²) in [6, 6.07) is 9.99. The van der Waals surface area contributed by atoms with Gasteiger partial charge in [0.2, 0.25) is 5.82 Å². The van der Waals surface area contributed by atoms with Crippen LogP contribution in [0.1, 0.15) is 23.6 Å². The highest BCUT2D eigenvalue weighted by Gasteiger charge is 2.24. The molecule has 21 heavy (non-hydrogen) atoms. The molecule has 3 rings (SSSR count). The van der Waals surface area contributed by atoms with Gasteiger partial charge in [-0.1, -0.05) is 28.1 Å². The molecule has 2 aromatic carbocycles. The average molecular weight is 351 g/mol. The SMILES string of the molecule is O=[N+]([O-])c1cc(NC2CCc3c(Br)cccc32)ccc1F. The van der Waals surface area contributed by atoms with Crippen LogP contribution in [0, 0.1) is 15.9 Å². The van der Waals surface area contributed by atoms with Gasteiger partial charge in [-0.3, -0.25) is 10.1 Å². The van der Waals surface area contributed by atoms with Crippen molar-refractivity contribution in [1.82, 2.24) is 0 Å². The van der Waals surface area contributed by atoms with Crippen LogP contribution in [0.2, 0.25) is 0 Å². The minimum absolute atomic E-state index is 0.0857. The fraction of sp³-hybridized carbons (Fsp3) is 0.200. The highest BCUT2D eigenvalue weighted by molar-refractivity contribution is 9.10. The highest BCUT2D eigenvalue weighted by atomic mass is 79.9. The van der Waals surface area contributed by atoms with Crippen LogP contribution in [-0.4, -0.2) is 4.92 Å². The second-order valence-corrected chi connectivity index (χ2v) is 5.82. The summed E-state index contributed by atoms with van der Waals surface area (Å²) < 4.78 is 14.4. The Morgan fingerprint density at radius 2 is 2.14 bits per heavy atom. The van der Waals surface area contributed by atoms with Gasteiger partial charge in [0.15, 0.2) is 0 Å². The normalized spacial score (nSPS) is 16.6. The lowest BCUT2D eigenvalue weighted by Gasteiger charge is -2.15. The van der Waals surface area contributed by atoms with Crippen LogP contribution in [0.5, 0.6) is 0 Å². The summed E-state index contributed by atoms with van der Waals surface area (Å²) in [4.78, 5) is 10.1. The molecule has 0 fully saturated rings. The second-order valence-electron chi connectivity index (χ2n) is 4.97. The van der Waals surface area contributed by atoms with Crippen LogP contribution in [0.3, 0.4) is 0 Å². The maximum atomic E-state index is 13.4. The van der Waals surface area contributed by atoms with Crippen molar-refractivity contribution in [2.24, 2.45) is 0 Å². The molecule has 0 aromatic heterocycles. The van der Waals surface area contributed by atoms with Gasteiger partial charge < -0.3 is 5.32 Å². The summed E-state index contributed by atoms with van der Waals surface area (Å²) in [5, 5.41) is 14.0. The summed E-state index contributed by atoms with van der Waals surface area (Å²) in [5.41, 5.74) is 2.48. The number of nitro groups is 1. The standard InChI is InChI=1S/C15H12BrFN2O2/c16-12-3-1-2-11-10(12)5-7-14(11)18-9-4-6-13(17)15(8-9)19(20)21/h1-4,6,8,14,18H,5,7H2. The van der Waals surface area contributed by atoms with Crippen LogP contribution < -0.4 is 5.32 Å². The van der Waals surface area contributed by atoms with Gasteiger partial charge in [0, 0.05) is 16.2 Å². The number of benzene rings is 2. The van der Waals surface area contributed by atoms with Gasteiger partial charge in [-0.05, 0) is 42.2 Å². The van der Waals surface area contributed by atoms with E-state index in [2.05, 4.69) is 21.2 Å². The second kappa shape index (κ2) is 5.44. The van der Waals surface area contributed by atoms with Crippen LogP contribution >= 0.6 is 15.9 Å². The van der Waals surface area contributed by atoms with Gasteiger partial charge in [0.1, 0.15) is 0 Å². The number of fused-ring (bicyclic) bond motifs is 1. The minimum atomic E-state index is -0.819. The Kier molecular flexibility index (Phi) is 3.63. The van der Waals surface area contributed by atoms with Gasteiger partial charge in [-0.2, -0.15) is 4.39 Å². The van der Waals surface area contributed by atoms with Crippen molar-refractivity contribution >= 4 is 27.3 Å². The van der Waals surface area contributed by atoms with Gasteiger partial charge >= 0.3 is 5.69 Å². The molecule has 2 aromatic rings. The smallest absolute Gasteiger partial charge is 0.306 e. The van der Waals surface area contributed by atoms with Crippen molar-refractivity contribution in [3.63, 3.8) is 0 Å². The molecule has 1 atom stereocenters. The molecule has 4 nitrogen and oxygen atoms in total. The molecule has 0 amide bonds. The molecule has 6 heteroatoms. The van der Waals surface area contributed by atoms with E-state index in [0.29, 0.717) is 5.69 Å². The van der Waals surface area contributed by atoms with Crippen LogP contribution in [-0.2, 0) is 6.42 Å². The molecule has 0 bridgehead atoms. The van der Waals surface area contributed by atoms with Crippen LogP contribution in [0.25, 0.3) is 0 Å². The van der Waals surface area contributed by atoms with E-state index in [1.165, 1.54) is 23.3 Å². The Balaban J connectivity index is 1.88. The predicted molar refractivity (Wildman–Crippen MR) is 81.9 cm³/mol.